The Morgan fingerprint density at radius 2 is 2.06 bits per heavy atom. The number of hydrogen-bond acceptors (Lipinski definition) is 5. The highest BCUT2D eigenvalue weighted by molar-refractivity contribution is 5.95. The van der Waals surface area contributed by atoms with Crippen molar-refractivity contribution >= 4 is 11.6 Å². The summed E-state index contributed by atoms with van der Waals surface area (Å²) in [6.07, 6.45) is 0. The summed E-state index contributed by atoms with van der Waals surface area (Å²) in [6, 6.07) is 4.35. The average molecular weight is 239 g/mol. The van der Waals surface area contributed by atoms with E-state index in [4.69, 9.17) is 10.8 Å². The molecule has 6 nitrogen and oxygen atoms in total. The largest absolute Gasteiger partial charge is 0.506 e. The molecule has 0 atom stereocenters. The van der Waals surface area contributed by atoms with Crippen LogP contribution in [0.1, 0.15) is 10.4 Å². The Labute approximate surface area is 99.4 Å². The number of amides is 1. The molecule has 0 aliphatic carbocycles. The normalized spacial score (nSPS) is 10.2. The third-order valence-corrected chi connectivity index (χ3v) is 2.17. The highest BCUT2D eigenvalue weighted by atomic mass is 16.3. The highest BCUT2D eigenvalue weighted by Gasteiger charge is 2.06. The van der Waals surface area contributed by atoms with Crippen molar-refractivity contribution < 1.29 is 15.0 Å². The molecule has 0 aliphatic heterocycles. The van der Waals surface area contributed by atoms with Gasteiger partial charge in [0.2, 0.25) is 0 Å². The molecule has 0 saturated heterocycles. The number of nitrogens with two attached hydrogens (primary N) is 1. The summed E-state index contributed by atoms with van der Waals surface area (Å²) in [5.41, 5.74) is 6.03. The van der Waals surface area contributed by atoms with E-state index in [0.29, 0.717) is 25.2 Å². The van der Waals surface area contributed by atoms with E-state index in [9.17, 15) is 9.90 Å². The quantitative estimate of drug-likeness (QED) is 0.256. The maximum Gasteiger partial charge on any atom is 0.251 e. The number of nitrogen functional groups attached to an aromatic ring is 1. The lowest BCUT2D eigenvalue weighted by Gasteiger charge is -2.07. The van der Waals surface area contributed by atoms with Crippen molar-refractivity contribution in [3.63, 3.8) is 0 Å². The average Bonchev–Trinajstić information content (AvgIpc) is 2.32. The second kappa shape index (κ2) is 6.72. The van der Waals surface area contributed by atoms with Gasteiger partial charge in [-0.2, -0.15) is 0 Å². The Balaban J connectivity index is 2.39. The zero-order valence-electron chi connectivity index (χ0n) is 9.44. The number of anilines is 1. The van der Waals surface area contributed by atoms with Crippen LogP contribution in [0.3, 0.4) is 0 Å². The summed E-state index contributed by atoms with van der Waals surface area (Å²) in [4.78, 5) is 11.6. The standard InChI is InChI=1S/C11H17N3O3/c12-9-2-1-8(7-10(9)16)11(17)14-4-3-13-5-6-15/h1-2,7,13,15-16H,3-6,12H2,(H,14,17). The lowest BCUT2D eigenvalue weighted by atomic mass is 10.2. The van der Waals surface area contributed by atoms with Crippen LogP contribution in [-0.2, 0) is 0 Å². The van der Waals surface area contributed by atoms with E-state index in [1.54, 1.807) is 6.07 Å². The van der Waals surface area contributed by atoms with Gasteiger partial charge in [-0.1, -0.05) is 0 Å². The van der Waals surface area contributed by atoms with Crippen molar-refractivity contribution in [3.05, 3.63) is 23.8 Å². The fourth-order valence-corrected chi connectivity index (χ4v) is 1.26. The molecule has 0 saturated carbocycles. The Bertz CT molecular complexity index is 382. The van der Waals surface area contributed by atoms with Crippen LogP contribution in [0, 0.1) is 0 Å². The molecule has 1 aromatic carbocycles. The molecule has 0 fully saturated rings. The molecule has 0 unspecified atom stereocenters. The predicted molar refractivity (Wildman–Crippen MR) is 64.8 cm³/mol. The molecular weight excluding hydrogens is 222 g/mol. The van der Waals surface area contributed by atoms with Gasteiger partial charge in [0.25, 0.3) is 5.91 Å². The first kappa shape index (κ1) is 13.3. The summed E-state index contributed by atoms with van der Waals surface area (Å²) in [6.45, 7) is 1.59. The van der Waals surface area contributed by atoms with Gasteiger partial charge >= 0.3 is 0 Å². The summed E-state index contributed by atoms with van der Waals surface area (Å²) < 4.78 is 0. The molecule has 0 radical (unpaired) electrons. The first-order valence-electron chi connectivity index (χ1n) is 5.33. The monoisotopic (exact) mass is 239 g/mol. The number of rotatable bonds is 6. The van der Waals surface area contributed by atoms with Gasteiger partial charge in [0.15, 0.2) is 0 Å². The van der Waals surface area contributed by atoms with Crippen LogP contribution >= 0.6 is 0 Å². The lowest BCUT2D eigenvalue weighted by molar-refractivity contribution is 0.0953. The SMILES string of the molecule is Nc1ccc(C(=O)NCCNCCO)cc1O. The molecule has 0 bridgehead atoms. The zero-order chi connectivity index (χ0) is 12.7. The van der Waals surface area contributed by atoms with Crippen molar-refractivity contribution in [2.45, 2.75) is 0 Å². The second-order valence-corrected chi connectivity index (χ2v) is 3.50. The minimum absolute atomic E-state index is 0.0692. The molecule has 94 valence electrons. The van der Waals surface area contributed by atoms with Gasteiger partial charge in [0.1, 0.15) is 5.75 Å². The minimum atomic E-state index is -0.272. The van der Waals surface area contributed by atoms with Crippen LogP contribution in [0.2, 0.25) is 0 Å². The first-order chi connectivity index (χ1) is 8.15. The van der Waals surface area contributed by atoms with Gasteiger partial charge in [-0.05, 0) is 18.2 Å². The van der Waals surface area contributed by atoms with Crippen LogP contribution < -0.4 is 16.4 Å². The molecule has 6 heteroatoms. The number of carbonyl (C=O) groups is 1. The van der Waals surface area contributed by atoms with E-state index < -0.39 is 0 Å². The third kappa shape index (κ3) is 4.29. The minimum Gasteiger partial charge on any atom is -0.506 e. The van der Waals surface area contributed by atoms with Crippen LogP contribution in [0.15, 0.2) is 18.2 Å². The molecule has 17 heavy (non-hydrogen) atoms. The Morgan fingerprint density at radius 1 is 1.29 bits per heavy atom. The van der Waals surface area contributed by atoms with Crippen molar-refractivity contribution in [1.82, 2.24) is 10.6 Å². The van der Waals surface area contributed by atoms with E-state index in [1.165, 1.54) is 12.1 Å². The maximum absolute atomic E-state index is 11.6. The number of phenols is 1. The predicted octanol–water partition coefficient (Wildman–Crippen LogP) is -0.714. The van der Waals surface area contributed by atoms with E-state index >= 15 is 0 Å². The highest BCUT2D eigenvalue weighted by Crippen LogP contribution is 2.20. The van der Waals surface area contributed by atoms with E-state index in [-0.39, 0.29) is 24.0 Å². The van der Waals surface area contributed by atoms with Crippen molar-refractivity contribution in [3.8, 4) is 5.75 Å². The number of hydrogen-bond donors (Lipinski definition) is 5. The first-order valence-corrected chi connectivity index (χ1v) is 5.33. The van der Waals surface area contributed by atoms with E-state index in [0.717, 1.165) is 0 Å². The van der Waals surface area contributed by atoms with Crippen LogP contribution in [0.4, 0.5) is 5.69 Å². The Kier molecular flexibility index (Phi) is 5.25. The maximum atomic E-state index is 11.6. The second-order valence-electron chi connectivity index (χ2n) is 3.50. The molecule has 6 N–H and O–H groups in total. The molecule has 1 amide bonds. The van der Waals surface area contributed by atoms with Gasteiger partial charge < -0.3 is 26.6 Å². The number of phenolic OH excluding ortho intramolecular Hbond substituents is 1. The summed E-state index contributed by atoms with van der Waals surface area (Å²) >= 11 is 0. The molecule has 0 aliphatic rings. The van der Waals surface area contributed by atoms with Crippen LogP contribution in [-0.4, -0.2) is 42.4 Å². The van der Waals surface area contributed by atoms with Crippen molar-refractivity contribution in [1.29, 1.82) is 0 Å². The van der Waals surface area contributed by atoms with Gasteiger partial charge in [0, 0.05) is 25.2 Å². The van der Waals surface area contributed by atoms with Crippen molar-refractivity contribution in [2.75, 3.05) is 32.0 Å². The lowest BCUT2D eigenvalue weighted by Crippen LogP contribution is -2.32. The summed E-state index contributed by atoms with van der Waals surface area (Å²) in [5.74, 6) is -0.373. The Hall–Kier alpha value is -1.79. The molecule has 1 aromatic rings. The number of aliphatic hydroxyl groups excluding tert-OH is 1. The van der Waals surface area contributed by atoms with E-state index in [1.807, 2.05) is 0 Å². The smallest absolute Gasteiger partial charge is 0.251 e. The van der Waals surface area contributed by atoms with Crippen LogP contribution in [0.25, 0.3) is 0 Å². The molecule has 0 aromatic heterocycles. The third-order valence-electron chi connectivity index (χ3n) is 2.17. The topological polar surface area (TPSA) is 108 Å². The molecule has 1 rings (SSSR count). The fraction of sp³-hybridized carbons (Fsp3) is 0.364. The van der Waals surface area contributed by atoms with Gasteiger partial charge in [0.05, 0.1) is 12.3 Å². The molecule has 0 spiro atoms. The number of benzene rings is 1. The van der Waals surface area contributed by atoms with Gasteiger partial charge in [-0.25, -0.2) is 0 Å². The summed E-state index contributed by atoms with van der Waals surface area (Å²) in [7, 11) is 0. The van der Waals surface area contributed by atoms with Crippen molar-refractivity contribution in [2.24, 2.45) is 0 Å². The van der Waals surface area contributed by atoms with Gasteiger partial charge in [-0.3, -0.25) is 4.79 Å². The summed E-state index contributed by atoms with van der Waals surface area (Å²) in [5, 5.41) is 23.5. The number of aromatic hydroxyl groups is 1. The zero-order valence-corrected chi connectivity index (χ0v) is 9.44. The fourth-order valence-electron chi connectivity index (χ4n) is 1.26. The van der Waals surface area contributed by atoms with Gasteiger partial charge in [-0.15, -0.1) is 0 Å². The van der Waals surface area contributed by atoms with E-state index in [2.05, 4.69) is 10.6 Å². The molecule has 0 heterocycles. The number of nitrogens with one attached hydrogen (secondary N) is 2. The van der Waals surface area contributed by atoms with Crippen LogP contribution in [0.5, 0.6) is 5.75 Å². The molecular formula is C11H17N3O3. The number of carbonyl (C=O) groups excluding carboxylic acids is 1. The Morgan fingerprint density at radius 3 is 2.71 bits per heavy atom. The number of aliphatic hydroxyl groups is 1.